The molecule has 0 saturated heterocycles. The number of esters is 1. The lowest BCUT2D eigenvalue weighted by Gasteiger charge is -2.41. The molecule has 5 heteroatoms. The molecule has 4 nitrogen and oxygen atoms in total. The van der Waals surface area contributed by atoms with Gasteiger partial charge in [0.25, 0.3) is 0 Å². The Labute approximate surface area is 137 Å². The van der Waals surface area contributed by atoms with Crippen molar-refractivity contribution in [1.82, 2.24) is 0 Å². The van der Waals surface area contributed by atoms with Crippen molar-refractivity contribution in [3.05, 3.63) is 11.6 Å². The first-order valence-electron chi connectivity index (χ1n) is 8.05. The Morgan fingerprint density at radius 2 is 1.77 bits per heavy atom. The summed E-state index contributed by atoms with van der Waals surface area (Å²) in [6.07, 6.45) is 0.906. The topological polar surface area (TPSA) is 55.8 Å². The van der Waals surface area contributed by atoms with Gasteiger partial charge < -0.3 is 14.3 Å². The zero-order chi connectivity index (χ0) is 17.7. The van der Waals surface area contributed by atoms with Crippen molar-refractivity contribution >= 4 is 14.3 Å². The maximum Gasteiger partial charge on any atom is 0.333 e. The summed E-state index contributed by atoms with van der Waals surface area (Å²) >= 11 is 0. The molecule has 0 spiro atoms. The fourth-order valence-corrected chi connectivity index (χ4v) is 3.41. The summed E-state index contributed by atoms with van der Waals surface area (Å²) in [4.78, 5) is 11.7. The first kappa shape index (κ1) is 21.3. The molecule has 0 radical (unpaired) electrons. The van der Waals surface area contributed by atoms with Crippen LogP contribution in [0.1, 0.15) is 48.5 Å². The van der Waals surface area contributed by atoms with E-state index in [1.807, 2.05) is 13.0 Å². The first-order valence-corrected chi connectivity index (χ1v) is 11.0. The normalized spacial score (nSPS) is 17.8. The van der Waals surface area contributed by atoms with Crippen LogP contribution in [0.2, 0.25) is 18.1 Å². The van der Waals surface area contributed by atoms with Gasteiger partial charge in [0, 0.05) is 11.5 Å². The highest BCUT2D eigenvalue weighted by Gasteiger charge is 2.41. The van der Waals surface area contributed by atoms with Crippen molar-refractivity contribution in [2.24, 2.45) is 5.92 Å². The van der Waals surface area contributed by atoms with Gasteiger partial charge in [-0.2, -0.15) is 0 Å². The summed E-state index contributed by atoms with van der Waals surface area (Å²) in [6.45, 7) is 18.4. The van der Waals surface area contributed by atoms with Crippen LogP contribution in [0.15, 0.2) is 11.6 Å². The van der Waals surface area contributed by atoms with Gasteiger partial charge >= 0.3 is 5.97 Å². The van der Waals surface area contributed by atoms with E-state index in [4.69, 9.17) is 9.16 Å². The summed E-state index contributed by atoms with van der Waals surface area (Å²) in [6, 6.07) is 0. The molecule has 0 rings (SSSR count). The Morgan fingerprint density at radius 3 is 2.14 bits per heavy atom. The minimum absolute atomic E-state index is 0.0692. The fourth-order valence-electron chi connectivity index (χ4n) is 1.96. The molecule has 0 fully saturated rings. The Balaban J connectivity index is 5.19. The van der Waals surface area contributed by atoms with Crippen LogP contribution in [0.3, 0.4) is 0 Å². The number of aliphatic hydroxyl groups is 1. The van der Waals surface area contributed by atoms with E-state index < -0.39 is 14.4 Å². The van der Waals surface area contributed by atoms with Crippen molar-refractivity contribution < 1.29 is 19.1 Å². The van der Waals surface area contributed by atoms with Gasteiger partial charge in [-0.25, -0.2) is 4.79 Å². The van der Waals surface area contributed by atoms with E-state index in [9.17, 15) is 9.90 Å². The summed E-state index contributed by atoms with van der Waals surface area (Å²) < 4.78 is 11.4. The van der Waals surface area contributed by atoms with Crippen LogP contribution in [-0.2, 0) is 14.0 Å². The molecule has 22 heavy (non-hydrogen) atoms. The summed E-state index contributed by atoms with van der Waals surface area (Å²) in [7, 11) is -1.99. The fraction of sp³-hybridized carbons (Fsp3) is 0.824. The lowest BCUT2D eigenvalue weighted by molar-refractivity contribution is -0.138. The van der Waals surface area contributed by atoms with Crippen LogP contribution in [0.5, 0.6) is 0 Å². The van der Waals surface area contributed by atoms with Gasteiger partial charge in [-0.15, -0.1) is 0 Å². The van der Waals surface area contributed by atoms with E-state index in [1.54, 1.807) is 20.8 Å². The highest BCUT2D eigenvalue weighted by atomic mass is 28.4. The minimum Gasteiger partial charge on any atom is -0.463 e. The first-order chi connectivity index (χ1) is 9.83. The number of carbonyl (C=O) groups excluding carboxylic acids is 1. The zero-order valence-electron chi connectivity index (χ0n) is 15.7. The molecular weight excluding hydrogens is 296 g/mol. The predicted octanol–water partition coefficient (Wildman–Crippen LogP) is 3.90. The Kier molecular flexibility index (Phi) is 8.02. The van der Waals surface area contributed by atoms with Gasteiger partial charge in [0.2, 0.25) is 0 Å². The number of rotatable bonds is 7. The molecular formula is C17H34O4Si. The van der Waals surface area contributed by atoms with Crippen molar-refractivity contribution in [3.63, 3.8) is 0 Å². The van der Waals surface area contributed by atoms with E-state index in [1.165, 1.54) is 0 Å². The molecule has 0 aromatic carbocycles. The van der Waals surface area contributed by atoms with Crippen molar-refractivity contribution in [3.8, 4) is 0 Å². The molecule has 0 aromatic rings. The van der Waals surface area contributed by atoms with Gasteiger partial charge in [-0.3, -0.25) is 0 Å². The highest BCUT2D eigenvalue weighted by Crippen LogP contribution is 2.38. The molecule has 0 saturated carbocycles. The van der Waals surface area contributed by atoms with Crippen molar-refractivity contribution in [2.45, 2.75) is 78.8 Å². The average molecular weight is 331 g/mol. The van der Waals surface area contributed by atoms with Crippen LogP contribution >= 0.6 is 0 Å². The third-order valence-corrected chi connectivity index (χ3v) is 8.81. The maximum atomic E-state index is 11.7. The second kappa shape index (κ2) is 8.27. The molecule has 1 N–H and O–H groups in total. The Morgan fingerprint density at radius 1 is 1.27 bits per heavy atom. The van der Waals surface area contributed by atoms with Crippen molar-refractivity contribution in [2.75, 3.05) is 6.61 Å². The lowest BCUT2D eigenvalue weighted by atomic mass is 9.98. The predicted molar refractivity (Wildman–Crippen MR) is 93.3 cm³/mol. The molecule has 130 valence electrons. The lowest BCUT2D eigenvalue weighted by Crippen LogP contribution is -2.48. The number of ether oxygens (including phenoxy) is 1. The second-order valence-corrected chi connectivity index (χ2v) is 12.3. The highest BCUT2D eigenvalue weighted by molar-refractivity contribution is 6.74. The molecule has 0 aliphatic heterocycles. The van der Waals surface area contributed by atoms with Crippen LogP contribution in [0.25, 0.3) is 0 Å². The van der Waals surface area contributed by atoms with Gasteiger partial charge in [0.05, 0.1) is 18.8 Å². The standard InChI is InChI=1S/C17H34O4Si/c1-10-20-16(19)13(3)11-12(2)15(14(4)18)21-22(8,9)17(5,6)7/h11-12,14-15,18H,10H2,1-9H3/b13-11+/t12-,14-,15-/m0/s1. The molecule has 0 amide bonds. The number of hydrogen-bond acceptors (Lipinski definition) is 4. The Bertz CT molecular complexity index is 394. The zero-order valence-corrected chi connectivity index (χ0v) is 16.7. The molecule has 3 atom stereocenters. The maximum absolute atomic E-state index is 11.7. The summed E-state index contributed by atoms with van der Waals surface area (Å²) in [5.74, 6) is -0.385. The van der Waals surface area contributed by atoms with E-state index in [-0.39, 0.29) is 23.0 Å². The van der Waals surface area contributed by atoms with Gasteiger partial charge in [-0.05, 0) is 38.9 Å². The number of carbonyl (C=O) groups is 1. The SMILES string of the molecule is CCOC(=O)/C(C)=C/[C@H](C)[C@H](O[Si](C)(C)C(C)(C)C)[C@H](C)O. The summed E-state index contributed by atoms with van der Waals surface area (Å²) in [5, 5.41) is 10.2. The van der Waals surface area contributed by atoms with Crippen LogP contribution in [0, 0.1) is 5.92 Å². The molecule has 0 heterocycles. The second-order valence-electron chi connectivity index (χ2n) is 7.51. The van der Waals surface area contributed by atoms with E-state index in [2.05, 4.69) is 33.9 Å². The molecule has 0 bridgehead atoms. The largest absolute Gasteiger partial charge is 0.463 e. The summed E-state index contributed by atoms with van der Waals surface area (Å²) in [5.41, 5.74) is 0.554. The quantitative estimate of drug-likeness (QED) is 0.437. The van der Waals surface area contributed by atoms with E-state index in [0.717, 1.165) is 0 Å². The van der Waals surface area contributed by atoms with Crippen LogP contribution in [0.4, 0.5) is 0 Å². The van der Waals surface area contributed by atoms with E-state index >= 15 is 0 Å². The molecule has 0 unspecified atom stereocenters. The Hall–Kier alpha value is -0.653. The van der Waals surface area contributed by atoms with Gasteiger partial charge in [-0.1, -0.05) is 33.8 Å². The van der Waals surface area contributed by atoms with Gasteiger partial charge in [0.15, 0.2) is 8.32 Å². The minimum atomic E-state index is -1.99. The number of aliphatic hydroxyl groups excluding tert-OH is 1. The third-order valence-electron chi connectivity index (χ3n) is 4.34. The molecule has 0 aromatic heterocycles. The molecule has 0 aliphatic carbocycles. The van der Waals surface area contributed by atoms with Gasteiger partial charge in [0.1, 0.15) is 0 Å². The average Bonchev–Trinajstić information content (AvgIpc) is 2.34. The molecule has 0 aliphatic rings. The van der Waals surface area contributed by atoms with Crippen molar-refractivity contribution in [1.29, 1.82) is 0 Å². The number of hydrogen-bond donors (Lipinski definition) is 1. The van der Waals surface area contributed by atoms with Crippen LogP contribution in [-0.4, -0.2) is 38.2 Å². The van der Waals surface area contributed by atoms with E-state index in [0.29, 0.717) is 12.2 Å². The monoisotopic (exact) mass is 330 g/mol. The third kappa shape index (κ3) is 6.22. The smallest absolute Gasteiger partial charge is 0.333 e. The van der Waals surface area contributed by atoms with Crippen LogP contribution < -0.4 is 0 Å².